The Balaban J connectivity index is 1.35. The van der Waals surface area contributed by atoms with Crippen LogP contribution >= 0.6 is 0 Å². The Morgan fingerprint density at radius 1 is 1.28 bits per heavy atom. The van der Waals surface area contributed by atoms with Gasteiger partial charge in [-0.05, 0) is 31.7 Å². The van der Waals surface area contributed by atoms with Crippen molar-refractivity contribution in [2.75, 3.05) is 32.1 Å². The zero-order chi connectivity index (χ0) is 25.2. The molecule has 2 fully saturated rings. The van der Waals surface area contributed by atoms with Crippen LogP contribution in [0.1, 0.15) is 66.0 Å². The number of halogens is 2. The smallest absolute Gasteiger partial charge is 0.308 e. The van der Waals surface area contributed by atoms with E-state index in [4.69, 9.17) is 9.47 Å². The van der Waals surface area contributed by atoms with Crippen LogP contribution in [0.3, 0.4) is 0 Å². The first-order valence-electron chi connectivity index (χ1n) is 11.9. The van der Waals surface area contributed by atoms with Gasteiger partial charge in [0.1, 0.15) is 11.7 Å². The first kappa shape index (κ1) is 24.3. The van der Waals surface area contributed by atoms with Crippen molar-refractivity contribution in [1.29, 1.82) is 0 Å². The molecule has 0 radical (unpaired) electrons. The summed E-state index contributed by atoms with van der Waals surface area (Å²) in [6.45, 7) is 1.90. The zero-order valence-electron chi connectivity index (χ0n) is 19.7. The first-order valence-corrected chi connectivity index (χ1v) is 11.9. The van der Waals surface area contributed by atoms with E-state index in [1.165, 1.54) is 28.7 Å². The van der Waals surface area contributed by atoms with E-state index in [-0.39, 0.29) is 35.3 Å². The Kier molecular flexibility index (Phi) is 6.92. The molecule has 1 atom stereocenters. The maximum Gasteiger partial charge on any atom is 0.308 e. The normalized spacial score (nSPS) is 22.6. The van der Waals surface area contributed by atoms with Crippen molar-refractivity contribution < 1.29 is 27.8 Å². The molecule has 5 rings (SSSR count). The van der Waals surface area contributed by atoms with Gasteiger partial charge in [-0.25, -0.2) is 18.3 Å². The number of nitrogens with zero attached hydrogens (tertiary/aromatic N) is 5. The predicted molar refractivity (Wildman–Crippen MR) is 123 cm³/mol. The summed E-state index contributed by atoms with van der Waals surface area (Å²) in [4.78, 5) is 29.4. The molecule has 1 amide bonds. The fourth-order valence-corrected chi connectivity index (χ4v) is 4.76. The highest BCUT2D eigenvalue weighted by Gasteiger charge is 2.30. The minimum atomic E-state index is -2.88. The molecule has 36 heavy (non-hydrogen) atoms. The van der Waals surface area contributed by atoms with Crippen LogP contribution in [-0.2, 0) is 14.3 Å². The van der Waals surface area contributed by atoms with E-state index >= 15 is 0 Å². The van der Waals surface area contributed by atoms with Gasteiger partial charge in [0.05, 0.1) is 43.3 Å². The van der Waals surface area contributed by atoms with Gasteiger partial charge in [0, 0.05) is 25.5 Å². The molecule has 1 aliphatic heterocycles. The molecule has 192 valence electrons. The maximum atomic E-state index is 13.8. The average molecular weight is 504 g/mol. The molecule has 11 nitrogen and oxygen atoms in total. The third kappa shape index (κ3) is 4.80. The number of esters is 1. The number of methoxy groups -OCH3 is 1. The summed E-state index contributed by atoms with van der Waals surface area (Å²) in [6, 6.07) is 1.62. The summed E-state index contributed by atoms with van der Waals surface area (Å²) in [6.07, 6.45) is 3.67. The third-order valence-corrected chi connectivity index (χ3v) is 6.71. The Labute approximate surface area is 205 Å². The topological polar surface area (TPSA) is 125 Å². The number of fused-ring (bicyclic) bond motifs is 1. The van der Waals surface area contributed by atoms with E-state index in [9.17, 15) is 18.4 Å². The highest BCUT2D eigenvalue weighted by Crippen LogP contribution is 2.35. The van der Waals surface area contributed by atoms with Gasteiger partial charge in [-0.2, -0.15) is 10.2 Å². The van der Waals surface area contributed by atoms with Gasteiger partial charge in [0.25, 0.3) is 12.3 Å². The number of nitrogens with one attached hydrogen (secondary N) is 2. The molecule has 0 bridgehead atoms. The second-order valence-corrected chi connectivity index (χ2v) is 8.93. The van der Waals surface area contributed by atoms with E-state index in [1.807, 2.05) is 0 Å². The van der Waals surface area contributed by atoms with Crippen molar-refractivity contribution in [2.24, 2.45) is 5.92 Å². The minimum absolute atomic E-state index is 0.0691. The number of rotatable bonds is 6. The molecule has 1 aliphatic carbocycles. The molecule has 2 N–H and O–H groups in total. The Bertz CT molecular complexity index is 1250. The maximum absolute atomic E-state index is 13.8. The van der Waals surface area contributed by atoms with Crippen molar-refractivity contribution in [1.82, 2.24) is 29.7 Å². The van der Waals surface area contributed by atoms with Gasteiger partial charge in [0.2, 0.25) is 0 Å². The molecule has 3 aromatic heterocycles. The van der Waals surface area contributed by atoms with Crippen molar-refractivity contribution >= 4 is 23.2 Å². The van der Waals surface area contributed by atoms with Crippen LogP contribution in [0.5, 0.6) is 0 Å². The number of carbonyl (C=O) groups is 2. The van der Waals surface area contributed by atoms with Crippen molar-refractivity contribution in [3.63, 3.8) is 0 Å². The molecular formula is C23H27F2N7O4. The standard InChI is InChI=1S/C23H27F2N7O4/c1-35-23(34)13-2-4-14(5-3-13)32-12-17(19(30-32)20(24)25)29-22(33)15-10-27-31-8-6-16(28-21(15)31)18-11-26-7-9-36-18/h6,8,10,12-14,18,20,26H,2-5,7,9,11H2,1H3,(H,29,33)/t13-,14-,18?. The molecule has 1 saturated carbocycles. The monoisotopic (exact) mass is 503 g/mol. The molecule has 13 heteroatoms. The van der Waals surface area contributed by atoms with Crippen LogP contribution in [0.15, 0.2) is 24.7 Å². The van der Waals surface area contributed by atoms with Crippen molar-refractivity contribution in [3.8, 4) is 0 Å². The van der Waals surface area contributed by atoms with Crippen molar-refractivity contribution in [2.45, 2.75) is 44.3 Å². The van der Waals surface area contributed by atoms with E-state index in [0.717, 1.165) is 6.54 Å². The Morgan fingerprint density at radius 2 is 2.08 bits per heavy atom. The van der Waals surface area contributed by atoms with Crippen molar-refractivity contribution in [3.05, 3.63) is 41.6 Å². The fourth-order valence-electron chi connectivity index (χ4n) is 4.76. The molecule has 1 unspecified atom stereocenters. The zero-order valence-corrected chi connectivity index (χ0v) is 19.7. The Hall–Kier alpha value is -3.45. The van der Waals surface area contributed by atoms with E-state index in [0.29, 0.717) is 50.2 Å². The molecule has 0 aromatic carbocycles. The van der Waals surface area contributed by atoms with Crippen LogP contribution in [0, 0.1) is 5.92 Å². The third-order valence-electron chi connectivity index (χ3n) is 6.71. The van der Waals surface area contributed by atoms with Crippen LogP contribution in [-0.4, -0.2) is 63.1 Å². The second kappa shape index (κ2) is 10.3. The Morgan fingerprint density at radius 3 is 2.78 bits per heavy atom. The number of anilines is 1. The lowest BCUT2D eigenvalue weighted by Gasteiger charge is -2.27. The number of ether oxygens (including phenoxy) is 2. The molecule has 0 spiro atoms. The van der Waals surface area contributed by atoms with Gasteiger partial charge in [-0.1, -0.05) is 0 Å². The van der Waals surface area contributed by atoms with Crippen LogP contribution in [0.2, 0.25) is 0 Å². The minimum Gasteiger partial charge on any atom is -0.469 e. The summed E-state index contributed by atoms with van der Waals surface area (Å²) in [5.74, 6) is -1.07. The quantitative estimate of drug-likeness (QED) is 0.492. The average Bonchev–Trinajstić information content (AvgIpc) is 3.53. The SMILES string of the molecule is COC(=O)[C@H]1CC[C@H](n2cc(NC(=O)c3cnn4ccc(C5CNCCO5)nc34)c(C(F)F)n2)CC1. The van der Waals surface area contributed by atoms with Crippen LogP contribution < -0.4 is 10.6 Å². The molecule has 2 aliphatic rings. The lowest BCUT2D eigenvalue weighted by atomic mass is 9.86. The number of aromatic nitrogens is 5. The van der Waals surface area contributed by atoms with Crippen LogP contribution in [0.4, 0.5) is 14.5 Å². The summed E-state index contributed by atoms with van der Waals surface area (Å²) in [5.41, 5.74) is 0.511. The number of morpholine rings is 1. The molecule has 1 saturated heterocycles. The molecular weight excluding hydrogens is 476 g/mol. The largest absolute Gasteiger partial charge is 0.469 e. The van der Waals surface area contributed by atoms with Gasteiger partial charge < -0.3 is 20.1 Å². The number of amides is 1. The summed E-state index contributed by atoms with van der Waals surface area (Å²) >= 11 is 0. The summed E-state index contributed by atoms with van der Waals surface area (Å²) < 4.78 is 41.0. The highest BCUT2D eigenvalue weighted by atomic mass is 19.3. The molecule has 3 aromatic rings. The van der Waals surface area contributed by atoms with Gasteiger partial charge in [0.15, 0.2) is 11.3 Å². The van der Waals surface area contributed by atoms with Gasteiger partial charge in [-0.3, -0.25) is 14.3 Å². The summed E-state index contributed by atoms with van der Waals surface area (Å²) in [7, 11) is 1.35. The molecule has 4 heterocycles. The highest BCUT2D eigenvalue weighted by molar-refractivity contribution is 6.08. The number of alkyl halides is 2. The van der Waals surface area contributed by atoms with Crippen LogP contribution in [0.25, 0.3) is 5.65 Å². The lowest BCUT2D eigenvalue weighted by molar-refractivity contribution is -0.146. The van der Waals surface area contributed by atoms with E-state index in [1.54, 1.807) is 12.3 Å². The lowest BCUT2D eigenvalue weighted by Crippen LogP contribution is -2.33. The van der Waals surface area contributed by atoms with E-state index in [2.05, 4.69) is 25.8 Å². The second-order valence-electron chi connectivity index (χ2n) is 8.93. The number of hydrogen-bond acceptors (Lipinski definition) is 8. The fraction of sp³-hybridized carbons (Fsp3) is 0.522. The van der Waals surface area contributed by atoms with Gasteiger partial charge in [-0.15, -0.1) is 0 Å². The number of hydrogen-bond donors (Lipinski definition) is 2. The predicted octanol–water partition coefficient (Wildman–Crippen LogP) is 2.68. The summed E-state index contributed by atoms with van der Waals surface area (Å²) in [5, 5.41) is 14.0. The number of carbonyl (C=O) groups excluding carboxylic acids is 2. The first-order chi connectivity index (χ1) is 17.4. The van der Waals surface area contributed by atoms with Gasteiger partial charge >= 0.3 is 5.97 Å². The van der Waals surface area contributed by atoms with E-state index < -0.39 is 18.0 Å².